The first kappa shape index (κ1) is 18.5. The van der Waals surface area contributed by atoms with E-state index < -0.39 is 0 Å². The van der Waals surface area contributed by atoms with Crippen molar-refractivity contribution < 1.29 is 14.1 Å². The Balaban J connectivity index is 1.52. The molecule has 0 aliphatic carbocycles. The highest BCUT2D eigenvalue weighted by molar-refractivity contribution is 5.78. The first-order valence-corrected chi connectivity index (χ1v) is 9.18. The van der Waals surface area contributed by atoms with Crippen LogP contribution < -0.4 is 10.1 Å². The maximum absolute atomic E-state index is 12.4. The van der Waals surface area contributed by atoms with Crippen LogP contribution in [-0.4, -0.2) is 42.2 Å². The Kier molecular flexibility index (Phi) is 5.93. The van der Waals surface area contributed by atoms with Gasteiger partial charge in [0.05, 0.1) is 13.7 Å². The zero-order valence-electron chi connectivity index (χ0n) is 15.7. The highest BCUT2D eigenvalue weighted by atomic mass is 16.5. The van der Waals surface area contributed by atoms with Gasteiger partial charge in [0.25, 0.3) is 0 Å². The topological polar surface area (TPSA) is 67.6 Å². The Bertz CT molecular complexity index is 733. The average Bonchev–Trinajstić information content (AvgIpc) is 3.15. The van der Waals surface area contributed by atoms with E-state index in [0.717, 1.165) is 42.9 Å². The lowest BCUT2D eigenvalue weighted by Crippen LogP contribution is -2.42. The van der Waals surface area contributed by atoms with E-state index in [-0.39, 0.29) is 11.8 Å². The highest BCUT2D eigenvalue weighted by Gasteiger charge is 2.25. The summed E-state index contributed by atoms with van der Waals surface area (Å²) in [6, 6.07) is 10.0. The molecule has 140 valence electrons. The van der Waals surface area contributed by atoms with E-state index in [1.807, 2.05) is 30.3 Å². The molecule has 2 aromatic rings. The van der Waals surface area contributed by atoms with Gasteiger partial charge >= 0.3 is 0 Å². The van der Waals surface area contributed by atoms with Gasteiger partial charge in [-0.25, -0.2) is 0 Å². The summed E-state index contributed by atoms with van der Waals surface area (Å²) in [5.41, 5.74) is 1.62. The molecular weight excluding hydrogens is 330 g/mol. The Morgan fingerprint density at radius 1 is 1.35 bits per heavy atom. The van der Waals surface area contributed by atoms with Gasteiger partial charge in [0.15, 0.2) is 5.76 Å². The molecule has 6 heteroatoms. The van der Waals surface area contributed by atoms with E-state index in [1.54, 1.807) is 7.11 Å². The fourth-order valence-corrected chi connectivity index (χ4v) is 3.31. The van der Waals surface area contributed by atoms with E-state index in [9.17, 15) is 4.79 Å². The lowest BCUT2D eigenvalue weighted by atomic mass is 9.95. The number of carbonyl (C=O) groups excluding carboxylic acids is 1. The van der Waals surface area contributed by atoms with Crippen LogP contribution in [0.15, 0.2) is 34.9 Å². The van der Waals surface area contributed by atoms with E-state index >= 15 is 0 Å². The number of hydrogen-bond donors (Lipinski definition) is 1. The SMILES string of the molecule is COc1cccc(-c2cc(CNC(=O)C3CCN(C(C)C)CC3)no2)c1. The normalized spacial score (nSPS) is 16.0. The molecule has 1 aromatic heterocycles. The van der Waals surface area contributed by atoms with Crippen molar-refractivity contribution in [3.63, 3.8) is 0 Å². The van der Waals surface area contributed by atoms with Crippen molar-refractivity contribution in [1.29, 1.82) is 0 Å². The van der Waals surface area contributed by atoms with Crippen LogP contribution in [0.1, 0.15) is 32.4 Å². The standard InChI is InChI=1S/C20H27N3O3/c1-14(2)23-9-7-15(8-10-23)20(24)21-13-17-12-19(26-22-17)16-5-4-6-18(11-16)25-3/h4-6,11-12,14-15H,7-10,13H2,1-3H3,(H,21,24). The zero-order chi connectivity index (χ0) is 18.5. The van der Waals surface area contributed by atoms with Crippen LogP contribution in [0.5, 0.6) is 5.75 Å². The van der Waals surface area contributed by atoms with E-state index in [0.29, 0.717) is 18.3 Å². The second-order valence-electron chi connectivity index (χ2n) is 7.04. The average molecular weight is 357 g/mol. The predicted molar refractivity (Wildman–Crippen MR) is 99.8 cm³/mol. The highest BCUT2D eigenvalue weighted by Crippen LogP contribution is 2.24. The molecule has 0 radical (unpaired) electrons. The molecule has 1 aromatic carbocycles. The number of aromatic nitrogens is 1. The Hall–Kier alpha value is -2.34. The van der Waals surface area contributed by atoms with Gasteiger partial charge in [0, 0.05) is 23.6 Å². The molecule has 0 atom stereocenters. The lowest BCUT2D eigenvalue weighted by Gasteiger charge is -2.33. The van der Waals surface area contributed by atoms with E-state index in [2.05, 4.69) is 29.2 Å². The minimum absolute atomic E-state index is 0.0924. The summed E-state index contributed by atoms with van der Waals surface area (Å²) in [7, 11) is 1.63. The van der Waals surface area contributed by atoms with Crippen molar-refractivity contribution in [2.45, 2.75) is 39.3 Å². The molecular formula is C20H27N3O3. The fourth-order valence-electron chi connectivity index (χ4n) is 3.31. The molecule has 0 spiro atoms. The Morgan fingerprint density at radius 2 is 2.12 bits per heavy atom. The number of amides is 1. The summed E-state index contributed by atoms with van der Waals surface area (Å²) in [4.78, 5) is 14.8. The third kappa shape index (κ3) is 4.43. The molecule has 1 amide bonds. The molecule has 2 heterocycles. The Morgan fingerprint density at radius 3 is 2.81 bits per heavy atom. The third-order valence-electron chi connectivity index (χ3n) is 4.99. The molecule has 0 unspecified atom stereocenters. The van der Waals surface area contributed by atoms with Gasteiger partial charge in [-0.2, -0.15) is 0 Å². The molecule has 3 rings (SSSR count). The number of piperidine rings is 1. The minimum Gasteiger partial charge on any atom is -0.497 e. The summed E-state index contributed by atoms with van der Waals surface area (Å²) in [6.07, 6.45) is 1.83. The van der Waals surface area contributed by atoms with Gasteiger partial charge in [0.1, 0.15) is 11.4 Å². The Labute approximate surface area is 154 Å². The monoisotopic (exact) mass is 357 g/mol. The summed E-state index contributed by atoms with van der Waals surface area (Å²) in [6.45, 7) is 6.76. The zero-order valence-corrected chi connectivity index (χ0v) is 15.7. The fraction of sp³-hybridized carbons (Fsp3) is 0.500. The van der Waals surface area contributed by atoms with Crippen LogP contribution in [0.4, 0.5) is 0 Å². The van der Waals surface area contributed by atoms with Crippen LogP contribution in [0, 0.1) is 5.92 Å². The quantitative estimate of drug-likeness (QED) is 0.860. The number of likely N-dealkylation sites (tertiary alicyclic amines) is 1. The number of rotatable bonds is 6. The van der Waals surface area contributed by atoms with Gasteiger partial charge in [0.2, 0.25) is 5.91 Å². The van der Waals surface area contributed by atoms with Crippen LogP contribution in [0.3, 0.4) is 0 Å². The number of nitrogens with one attached hydrogen (secondary N) is 1. The smallest absolute Gasteiger partial charge is 0.223 e. The summed E-state index contributed by atoms with van der Waals surface area (Å²) < 4.78 is 10.6. The van der Waals surface area contributed by atoms with Gasteiger partial charge < -0.3 is 19.5 Å². The van der Waals surface area contributed by atoms with Gasteiger partial charge in [-0.15, -0.1) is 0 Å². The molecule has 1 aliphatic heterocycles. The minimum atomic E-state index is 0.0924. The van der Waals surface area contributed by atoms with Gasteiger partial charge in [-0.05, 0) is 51.9 Å². The van der Waals surface area contributed by atoms with Crippen molar-refractivity contribution in [1.82, 2.24) is 15.4 Å². The molecule has 1 aliphatic rings. The molecule has 26 heavy (non-hydrogen) atoms. The van der Waals surface area contributed by atoms with Crippen molar-refractivity contribution in [3.05, 3.63) is 36.0 Å². The largest absolute Gasteiger partial charge is 0.497 e. The molecule has 0 saturated carbocycles. The summed E-state index contributed by atoms with van der Waals surface area (Å²) in [5, 5.41) is 7.06. The van der Waals surface area contributed by atoms with Crippen molar-refractivity contribution in [3.8, 4) is 17.1 Å². The van der Waals surface area contributed by atoms with E-state index in [1.165, 1.54) is 0 Å². The number of benzene rings is 1. The molecule has 0 bridgehead atoms. The van der Waals surface area contributed by atoms with Crippen molar-refractivity contribution in [2.24, 2.45) is 5.92 Å². The van der Waals surface area contributed by atoms with Crippen LogP contribution >= 0.6 is 0 Å². The number of ether oxygens (including phenoxy) is 1. The molecule has 1 N–H and O–H groups in total. The summed E-state index contributed by atoms with van der Waals surface area (Å²) in [5.74, 6) is 1.63. The van der Waals surface area contributed by atoms with Crippen LogP contribution in [0.2, 0.25) is 0 Å². The molecule has 1 saturated heterocycles. The van der Waals surface area contributed by atoms with Crippen molar-refractivity contribution >= 4 is 5.91 Å². The number of methoxy groups -OCH3 is 1. The number of carbonyl (C=O) groups is 1. The molecule has 6 nitrogen and oxygen atoms in total. The maximum Gasteiger partial charge on any atom is 0.223 e. The maximum atomic E-state index is 12.4. The van der Waals surface area contributed by atoms with E-state index in [4.69, 9.17) is 9.26 Å². The van der Waals surface area contributed by atoms with Crippen molar-refractivity contribution in [2.75, 3.05) is 20.2 Å². The number of hydrogen-bond acceptors (Lipinski definition) is 5. The van der Waals surface area contributed by atoms with Gasteiger partial charge in [-0.3, -0.25) is 4.79 Å². The van der Waals surface area contributed by atoms with Gasteiger partial charge in [-0.1, -0.05) is 17.3 Å². The number of nitrogens with zero attached hydrogens (tertiary/aromatic N) is 2. The first-order valence-electron chi connectivity index (χ1n) is 9.18. The lowest BCUT2D eigenvalue weighted by molar-refractivity contribution is -0.126. The second-order valence-corrected chi connectivity index (χ2v) is 7.04. The second kappa shape index (κ2) is 8.36. The summed E-state index contributed by atoms with van der Waals surface area (Å²) >= 11 is 0. The molecule has 1 fully saturated rings. The third-order valence-corrected chi connectivity index (χ3v) is 4.99. The predicted octanol–water partition coefficient (Wildman–Crippen LogP) is 3.09. The van der Waals surface area contributed by atoms with Crippen LogP contribution in [-0.2, 0) is 11.3 Å². The van der Waals surface area contributed by atoms with Crippen LogP contribution in [0.25, 0.3) is 11.3 Å². The first-order chi connectivity index (χ1) is 12.6.